The second-order valence-corrected chi connectivity index (χ2v) is 6.87. The minimum absolute atomic E-state index is 0.994. The normalized spacial score (nSPS) is 20.0. The van der Waals surface area contributed by atoms with E-state index in [1.54, 1.807) is 0 Å². The second-order valence-electron chi connectivity index (χ2n) is 6.87. The van der Waals surface area contributed by atoms with Gasteiger partial charge >= 0.3 is 0 Å². The first-order chi connectivity index (χ1) is 11.4. The Morgan fingerprint density at radius 1 is 0.783 bits per heavy atom. The van der Waals surface area contributed by atoms with Crippen LogP contribution in [0, 0.1) is 0 Å². The van der Waals surface area contributed by atoms with Crippen molar-refractivity contribution in [2.24, 2.45) is 0 Å². The van der Waals surface area contributed by atoms with E-state index in [0.717, 1.165) is 11.0 Å². The summed E-state index contributed by atoms with van der Waals surface area (Å²) in [5.74, 6) is 0. The zero-order chi connectivity index (χ0) is 16.2. The summed E-state index contributed by atoms with van der Waals surface area (Å²) in [6.45, 7) is 4.61. The highest BCUT2D eigenvalue weighted by Crippen LogP contribution is 2.27. The second kappa shape index (κ2) is 10.4. The van der Waals surface area contributed by atoms with E-state index < -0.39 is 0 Å². The van der Waals surface area contributed by atoms with Crippen molar-refractivity contribution in [1.82, 2.24) is 4.48 Å². The van der Waals surface area contributed by atoms with E-state index in [1.807, 2.05) is 0 Å². The average Bonchev–Trinajstić information content (AvgIpc) is 2.62. The number of quaternary nitrogens is 1. The molecule has 1 aliphatic rings. The fraction of sp³-hybridized carbons (Fsp3) is 0.545. The lowest BCUT2D eigenvalue weighted by molar-refractivity contribution is 0.383. The molecule has 23 heavy (non-hydrogen) atoms. The molecule has 0 radical (unpaired) electrons. The molecule has 1 aromatic rings. The minimum atomic E-state index is 0.994. The summed E-state index contributed by atoms with van der Waals surface area (Å²) in [4.78, 5) is 0. The first kappa shape index (κ1) is 18.0. The molecule has 1 unspecified atom stereocenters. The van der Waals surface area contributed by atoms with Gasteiger partial charge in [-0.25, -0.2) is 0 Å². The lowest BCUT2D eigenvalue weighted by Gasteiger charge is -2.35. The Bertz CT molecular complexity index is 474. The zero-order valence-corrected chi connectivity index (χ0v) is 14.9. The van der Waals surface area contributed by atoms with Crippen LogP contribution in [0.4, 0.5) is 5.69 Å². The van der Waals surface area contributed by atoms with Crippen LogP contribution in [0.2, 0.25) is 0 Å². The molecule has 0 spiro atoms. The number of unbranched alkanes of at least 4 members (excludes halogenated alkanes) is 8. The van der Waals surface area contributed by atoms with E-state index in [0.29, 0.717) is 0 Å². The number of para-hydroxylation sites is 1. The molecule has 0 saturated heterocycles. The molecule has 1 heterocycles. The van der Waals surface area contributed by atoms with Crippen molar-refractivity contribution in [1.29, 1.82) is 0 Å². The van der Waals surface area contributed by atoms with Gasteiger partial charge < -0.3 is 0 Å². The predicted octanol–water partition coefficient (Wildman–Crippen LogP) is 6.61. The summed E-state index contributed by atoms with van der Waals surface area (Å²) in [6.07, 6.45) is 21.7. The van der Waals surface area contributed by atoms with Gasteiger partial charge in [-0.3, -0.25) is 4.48 Å². The summed E-state index contributed by atoms with van der Waals surface area (Å²) in [6, 6.07) is 11.0. The van der Waals surface area contributed by atoms with Crippen molar-refractivity contribution >= 4 is 5.69 Å². The van der Waals surface area contributed by atoms with E-state index in [9.17, 15) is 0 Å². The molecule has 1 nitrogen and oxygen atoms in total. The Hall–Kier alpha value is -1.34. The van der Waals surface area contributed by atoms with Gasteiger partial charge in [-0.15, -0.1) is 0 Å². The van der Waals surface area contributed by atoms with Gasteiger partial charge in [-0.1, -0.05) is 76.1 Å². The molecule has 0 aliphatic carbocycles. The maximum atomic E-state index is 2.38. The standard InChI is InChI=1S/C22H34N/c1-2-3-4-5-6-7-8-9-14-19-23(20-15-11-16-21-23)22-17-12-10-13-18-22/h10-13,15-18,20H,2-9,14,19,21H2,1H3/q+1. The van der Waals surface area contributed by atoms with Crippen LogP contribution in [0.15, 0.2) is 54.8 Å². The first-order valence-corrected chi connectivity index (χ1v) is 9.64. The summed E-state index contributed by atoms with van der Waals surface area (Å²) in [7, 11) is 0. The van der Waals surface area contributed by atoms with Crippen molar-refractivity contribution < 1.29 is 0 Å². The monoisotopic (exact) mass is 312 g/mol. The molecule has 2 rings (SSSR count). The SMILES string of the molecule is CCCCCCCCCCC[N+]1(c2ccccc2)C=CC=CC1. The average molecular weight is 313 g/mol. The summed E-state index contributed by atoms with van der Waals surface area (Å²) in [5.41, 5.74) is 1.42. The minimum Gasteiger partial charge on any atom is -0.262 e. The molecule has 0 fully saturated rings. The van der Waals surface area contributed by atoms with Crippen molar-refractivity contribution in [2.75, 3.05) is 13.1 Å². The van der Waals surface area contributed by atoms with Crippen LogP contribution in [0.3, 0.4) is 0 Å². The third-order valence-corrected chi connectivity index (χ3v) is 4.98. The van der Waals surface area contributed by atoms with Gasteiger partial charge in [0.2, 0.25) is 0 Å². The van der Waals surface area contributed by atoms with Gasteiger partial charge in [0.25, 0.3) is 0 Å². The molecule has 0 N–H and O–H groups in total. The largest absolute Gasteiger partial charge is 0.262 e. The molecular weight excluding hydrogens is 278 g/mol. The highest BCUT2D eigenvalue weighted by molar-refractivity contribution is 5.47. The maximum absolute atomic E-state index is 2.38. The Morgan fingerprint density at radius 3 is 2.04 bits per heavy atom. The van der Waals surface area contributed by atoms with Gasteiger partial charge in [0.05, 0.1) is 6.54 Å². The highest BCUT2D eigenvalue weighted by Gasteiger charge is 2.27. The molecule has 1 aromatic carbocycles. The fourth-order valence-electron chi connectivity index (χ4n) is 3.52. The van der Waals surface area contributed by atoms with Crippen LogP contribution >= 0.6 is 0 Å². The Balaban J connectivity index is 1.71. The van der Waals surface area contributed by atoms with Crippen LogP contribution < -0.4 is 4.48 Å². The topological polar surface area (TPSA) is 0 Å². The van der Waals surface area contributed by atoms with Crippen LogP contribution in [-0.2, 0) is 0 Å². The highest BCUT2D eigenvalue weighted by atomic mass is 15.3. The third-order valence-electron chi connectivity index (χ3n) is 4.98. The van der Waals surface area contributed by atoms with Crippen LogP contribution in [0.25, 0.3) is 0 Å². The zero-order valence-electron chi connectivity index (χ0n) is 14.9. The number of benzene rings is 1. The van der Waals surface area contributed by atoms with Gasteiger partial charge in [0.1, 0.15) is 18.4 Å². The van der Waals surface area contributed by atoms with Crippen molar-refractivity contribution in [3.05, 3.63) is 54.8 Å². The van der Waals surface area contributed by atoms with E-state index in [4.69, 9.17) is 0 Å². The first-order valence-electron chi connectivity index (χ1n) is 9.64. The van der Waals surface area contributed by atoms with E-state index in [2.05, 4.69) is 61.7 Å². The summed E-state index contributed by atoms with van der Waals surface area (Å²) < 4.78 is 0.994. The van der Waals surface area contributed by atoms with E-state index >= 15 is 0 Å². The molecular formula is C22H34N+. The van der Waals surface area contributed by atoms with E-state index in [-0.39, 0.29) is 0 Å². The number of hydrogen-bond donors (Lipinski definition) is 0. The van der Waals surface area contributed by atoms with Crippen molar-refractivity contribution in [3.8, 4) is 0 Å². The van der Waals surface area contributed by atoms with Crippen LogP contribution in [0.5, 0.6) is 0 Å². The van der Waals surface area contributed by atoms with Gasteiger partial charge in [-0.05, 0) is 37.1 Å². The molecule has 1 heteroatoms. The van der Waals surface area contributed by atoms with Crippen LogP contribution in [0.1, 0.15) is 64.7 Å². The molecule has 1 atom stereocenters. The van der Waals surface area contributed by atoms with Gasteiger partial charge in [-0.2, -0.15) is 0 Å². The molecule has 0 saturated carbocycles. The molecule has 0 bridgehead atoms. The lowest BCUT2D eigenvalue weighted by atomic mass is 10.1. The third kappa shape index (κ3) is 5.99. The summed E-state index contributed by atoms with van der Waals surface area (Å²) >= 11 is 0. The predicted molar refractivity (Wildman–Crippen MR) is 103 cm³/mol. The van der Waals surface area contributed by atoms with E-state index in [1.165, 1.54) is 70.0 Å². The molecule has 1 aliphatic heterocycles. The Kier molecular flexibility index (Phi) is 8.17. The van der Waals surface area contributed by atoms with Crippen molar-refractivity contribution in [3.63, 3.8) is 0 Å². The van der Waals surface area contributed by atoms with Crippen LogP contribution in [-0.4, -0.2) is 13.1 Å². The Morgan fingerprint density at radius 2 is 1.43 bits per heavy atom. The molecule has 0 aromatic heterocycles. The number of rotatable bonds is 11. The number of hydrogen-bond acceptors (Lipinski definition) is 0. The van der Waals surface area contributed by atoms with Crippen molar-refractivity contribution in [2.45, 2.75) is 64.7 Å². The lowest BCUT2D eigenvalue weighted by Crippen LogP contribution is -2.45. The summed E-state index contributed by atoms with van der Waals surface area (Å²) in [5, 5.41) is 0. The smallest absolute Gasteiger partial charge is 0.137 e. The molecule has 126 valence electrons. The number of allylic oxidation sites excluding steroid dienone is 2. The quantitative estimate of drug-likeness (QED) is 0.318. The maximum Gasteiger partial charge on any atom is 0.137 e. The Labute approximate surface area is 143 Å². The van der Waals surface area contributed by atoms with Gasteiger partial charge in [0, 0.05) is 0 Å². The molecule has 0 amide bonds. The van der Waals surface area contributed by atoms with Gasteiger partial charge in [0.15, 0.2) is 0 Å². The fourth-order valence-corrected chi connectivity index (χ4v) is 3.52. The number of nitrogens with zero attached hydrogens (tertiary/aromatic N) is 1.